The van der Waals surface area contributed by atoms with Gasteiger partial charge in [-0.3, -0.25) is 0 Å². The Labute approximate surface area is 379 Å². The highest BCUT2D eigenvalue weighted by Crippen LogP contribution is 2.40. The van der Waals surface area contributed by atoms with E-state index in [1.54, 1.807) is 0 Å². The summed E-state index contributed by atoms with van der Waals surface area (Å²) in [7, 11) is 0. The van der Waals surface area contributed by atoms with Crippen molar-refractivity contribution in [2.45, 2.75) is 0 Å². The molecule has 5 nitrogen and oxygen atoms in total. The Morgan fingerprint density at radius 3 is 1.55 bits per heavy atom. The molecule has 0 saturated carbocycles. The summed E-state index contributed by atoms with van der Waals surface area (Å²) >= 11 is 0. The van der Waals surface area contributed by atoms with Crippen molar-refractivity contribution in [3.63, 3.8) is 0 Å². The van der Waals surface area contributed by atoms with E-state index in [-0.39, 0.29) is 0 Å². The lowest BCUT2D eigenvalue weighted by Gasteiger charge is -2.14. The van der Waals surface area contributed by atoms with E-state index in [4.69, 9.17) is 15.0 Å². The third kappa shape index (κ3) is 5.63. The highest BCUT2D eigenvalue weighted by molar-refractivity contribution is 6.15. The second-order valence-corrected chi connectivity index (χ2v) is 17.2. The lowest BCUT2D eigenvalue weighted by atomic mass is 9.99. The first-order valence-electron chi connectivity index (χ1n) is 22.4. The predicted octanol–water partition coefficient (Wildman–Crippen LogP) is 15.7. The third-order valence-corrected chi connectivity index (χ3v) is 13.5. The van der Waals surface area contributed by atoms with Gasteiger partial charge in [-0.2, -0.15) is 0 Å². The second-order valence-electron chi connectivity index (χ2n) is 17.2. The topological polar surface area (TPSA) is 48.5 Å². The summed E-state index contributed by atoms with van der Waals surface area (Å²) in [6.45, 7) is 0. The van der Waals surface area contributed by atoms with Crippen molar-refractivity contribution in [1.82, 2.24) is 24.1 Å². The largest absolute Gasteiger partial charge is 0.309 e. The van der Waals surface area contributed by atoms with Crippen LogP contribution < -0.4 is 0 Å². The maximum absolute atomic E-state index is 5.32. The summed E-state index contributed by atoms with van der Waals surface area (Å²) in [5.74, 6) is 1.89. The van der Waals surface area contributed by atoms with Crippen LogP contribution in [0.15, 0.2) is 224 Å². The van der Waals surface area contributed by atoms with E-state index in [9.17, 15) is 0 Å². The molecule has 0 unspecified atom stereocenters. The average Bonchev–Trinajstić information content (AvgIpc) is 3.89. The molecule has 306 valence electrons. The number of para-hydroxylation sites is 2. The lowest BCUT2D eigenvalue weighted by Crippen LogP contribution is -2.01. The fourth-order valence-corrected chi connectivity index (χ4v) is 10.4. The lowest BCUT2D eigenvalue weighted by molar-refractivity contribution is 1.08. The second kappa shape index (κ2) is 14.3. The van der Waals surface area contributed by atoms with E-state index in [0.717, 1.165) is 49.9 Å². The van der Waals surface area contributed by atoms with Gasteiger partial charge in [-0.15, -0.1) is 0 Å². The van der Waals surface area contributed by atoms with Crippen molar-refractivity contribution in [3.05, 3.63) is 224 Å². The summed E-state index contributed by atoms with van der Waals surface area (Å²) in [5.41, 5.74) is 9.65. The Morgan fingerprint density at radius 1 is 0.242 bits per heavy atom. The molecule has 0 spiro atoms. The minimum Gasteiger partial charge on any atom is -0.309 e. The monoisotopic (exact) mass is 839 g/mol. The van der Waals surface area contributed by atoms with E-state index in [1.807, 2.05) is 18.2 Å². The Kier molecular flexibility index (Phi) is 7.91. The first-order chi connectivity index (χ1) is 32.7. The molecular weight excluding hydrogens is 803 g/mol. The van der Waals surface area contributed by atoms with Gasteiger partial charge < -0.3 is 9.13 Å². The molecule has 11 aromatic carbocycles. The number of aromatic nitrogens is 5. The molecule has 0 aliphatic rings. The van der Waals surface area contributed by atoms with Gasteiger partial charge in [0.15, 0.2) is 17.5 Å². The van der Waals surface area contributed by atoms with Crippen LogP contribution in [0.2, 0.25) is 0 Å². The highest BCUT2D eigenvalue weighted by atomic mass is 15.0. The van der Waals surface area contributed by atoms with E-state index in [2.05, 4.69) is 215 Å². The van der Waals surface area contributed by atoms with Gasteiger partial charge in [0.2, 0.25) is 0 Å². The molecule has 0 saturated heterocycles. The minimum atomic E-state index is 0.626. The van der Waals surface area contributed by atoms with Gasteiger partial charge in [-0.05, 0) is 97.7 Å². The average molecular weight is 840 g/mol. The molecule has 0 bridgehead atoms. The summed E-state index contributed by atoms with van der Waals surface area (Å²) in [6.07, 6.45) is 0. The summed E-state index contributed by atoms with van der Waals surface area (Å²) in [5, 5.41) is 14.2. The normalized spacial score (nSPS) is 11.9. The quantitative estimate of drug-likeness (QED) is 0.162. The molecule has 0 radical (unpaired) electrons. The van der Waals surface area contributed by atoms with Crippen molar-refractivity contribution in [1.29, 1.82) is 0 Å². The Morgan fingerprint density at radius 2 is 0.758 bits per heavy atom. The highest BCUT2D eigenvalue weighted by Gasteiger charge is 2.20. The minimum absolute atomic E-state index is 0.626. The molecule has 0 amide bonds. The summed E-state index contributed by atoms with van der Waals surface area (Å²) in [6, 6.07) is 80.6. The van der Waals surface area contributed by atoms with Gasteiger partial charge in [-0.25, -0.2) is 15.0 Å². The van der Waals surface area contributed by atoms with E-state index in [0.29, 0.717) is 17.5 Å². The van der Waals surface area contributed by atoms with Crippen LogP contribution in [0.5, 0.6) is 0 Å². The predicted molar refractivity (Wildman–Crippen MR) is 275 cm³/mol. The Balaban J connectivity index is 1.01. The molecule has 3 heterocycles. The van der Waals surface area contributed by atoms with Crippen LogP contribution >= 0.6 is 0 Å². The molecular formula is C61H37N5. The number of rotatable bonds is 5. The Hall–Kier alpha value is -8.93. The number of hydrogen-bond acceptors (Lipinski definition) is 3. The molecule has 0 fully saturated rings. The molecule has 0 aliphatic carbocycles. The van der Waals surface area contributed by atoms with Crippen LogP contribution in [-0.4, -0.2) is 24.1 Å². The maximum Gasteiger partial charge on any atom is 0.164 e. The Bertz CT molecular complexity index is 4240. The number of hydrogen-bond donors (Lipinski definition) is 0. The van der Waals surface area contributed by atoms with Gasteiger partial charge in [0.1, 0.15) is 0 Å². The van der Waals surface area contributed by atoms with Crippen molar-refractivity contribution >= 4 is 86.7 Å². The third-order valence-electron chi connectivity index (χ3n) is 13.5. The molecule has 14 rings (SSSR count). The first kappa shape index (κ1) is 36.5. The first-order valence-corrected chi connectivity index (χ1v) is 22.4. The van der Waals surface area contributed by atoms with Crippen LogP contribution in [0.25, 0.3) is 132 Å². The zero-order valence-electron chi connectivity index (χ0n) is 35.6. The van der Waals surface area contributed by atoms with Crippen LogP contribution in [0, 0.1) is 0 Å². The molecule has 66 heavy (non-hydrogen) atoms. The summed E-state index contributed by atoms with van der Waals surface area (Å²) in [4.78, 5) is 15.7. The van der Waals surface area contributed by atoms with Crippen molar-refractivity contribution in [2.24, 2.45) is 0 Å². The maximum atomic E-state index is 5.32. The van der Waals surface area contributed by atoms with Crippen molar-refractivity contribution in [3.8, 4) is 45.5 Å². The fourth-order valence-electron chi connectivity index (χ4n) is 10.4. The molecule has 0 N–H and O–H groups in total. The van der Waals surface area contributed by atoms with Gasteiger partial charge in [0, 0.05) is 49.6 Å². The zero-order chi connectivity index (χ0) is 43.3. The SMILES string of the molecule is c1ccc(-c2nc(-c3ccc4ccc5ccccc5c4c3)nc(-c3cccc4ccc(-n5c6cc(-n7c8ccccc8c8ccccc87)ccc6c6cc7ccccc7cc65)cc34)n2)cc1. The fraction of sp³-hybridized carbons (Fsp3) is 0. The van der Waals surface area contributed by atoms with E-state index >= 15 is 0 Å². The molecule has 5 heteroatoms. The number of fused-ring (bicyclic) bond motifs is 11. The van der Waals surface area contributed by atoms with Gasteiger partial charge >= 0.3 is 0 Å². The number of nitrogens with zero attached hydrogens (tertiary/aromatic N) is 5. The summed E-state index contributed by atoms with van der Waals surface area (Å²) < 4.78 is 4.85. The molecule has 0 aliphatic heterocycles. The van der Waals surface area contributed by atoms with E-state index < -0.39 is 0 Å². The molecule has 3 aromatic heterocycles. The van der Waals surface area contributed by atoms with Gasteiger partial charge in [0.25, 0.3) is 0 Å². The van der Waals surface area contributed by atoms with Gasteiger partial charge in [-0.1, -0.05) is 170 Å². The molecule has 0 atom stereocenters. The van der Waals surface area contributed by atoms with Crippen LogP contribution in [-0.2, 0) is 0 Å². The number of benzene rings is 11. The molecule has 14 aromatic rings. The van der Waals surface area contributed by atoms with Crippen LogP contribution in [0.3, 0.4) is 0 Å². The zero-order valence-corrected chi connectivity index (χ0v) is 35.6. The smallest absolute Gasteiger partial charge is 0.164 e. The van der Waals surface area contributed by atoms with Crippen LogP contribution in [0.1, 0.15) is 0 Å². The van der Waals surface area contributed by atoms with Crippen LogP contribution in [0.4, 0.5) is 0 Å². The van der Waals surface area contributed by atoms with Crippen molar-refractivity contribution in [2.75, 3.05) is 0 Å². The van der Waals surface area contributed by atoms with E-state index in [1.165, 1.54) is 64.9 Å². The standard InChI is InChI=1S/C61H37N5/c1-2-14-41(15-3-1)59-62-60(44-28-27-40-26-25-38-13-6-7-19-47(38)52(40)34-44)64-61(63-59)51-22-12-18-39-29-30-45(36-53(39)51)66-57-35-43-17-5-4-16-42(43)33-54(57)50-32-31-46(37-58(50)66)65-55-23-10-8-20-48(55)49-21-9-11-24-56(49)65/h1-37H. The van der Waals surface area contributed by atoms with Crippen molar-refractivity contribution < 1.29 is 0 Å². The van der Waals surface area contributed by atoms with Gasteiger partial charge in [0.05, 0.1) is 22.1 Å².